The molecule has 1 aromatic carbocycles. The van der Waals surface area contributed by atoms with Crippen molar-refractivity contribution in [2.24, 2.45) is 0 Å². The second-order valence-electron chi connectivity index (χ2n) is 5.32. The van der Waals surface area contributed by atoms with Gasteiger partial charge in [0.1, 0.15) is 5.82 Å². The molecule has 1 aliphatic rings. The number of halogens is 2. The van der Waals surface area contributed by atoms with Crippen molar-refractivity contribution in [3.05, 3.63) is 53.2 Å². The van der Waals surface area contributed by atoms with E-state index in [0.29, 0.717) is 31.9 Å². The van der Waals surface area contributed by atoms with Crippen molar-refractivity contribution in [2.45, 2.75) is 0 Å². The number of amides is 3. The lowest BCUT2D eigenvalue weighted by molar-refractivity contribution is 0.0640. The number of urea groups is 1. The van der Waals surface area contributed by atoms with Gasteiger partial charge in [0, 0.05) is 31.9 Å². The van der Waals surface area contributed by atoms with Crippen molar-refractivity contribution in [1.29, 1.82) is 0 Å². The molecule has 0 radical (unpaired) electrons. The number of benzene rings is 1. The minimum absolute atomic E-state index is 0.00180. The number of hydrogen-bond acceptors (Lipinski definition) is 3. The third-order valence-electron chi connectivity index (χ3n) is 3.76. The van der Waals surface area contributed by atoms with Crippen molar-refractivity contribution in [3.8, 4) is 0 Å². The van der Waals surface area contributed by atoms with Gasteiger partial charge in [-0.2, -0.15) is 0 Å². The number of hydrogen-bond donors (Lipinski definition) is 1. The lowest BCUT2D eigenvalue weighted by atomic mass is 10.3. The molecule has 2 aromatic rings. The molecule has 24 heavy (non-hydrogen) atoms. The molecule has 0 bridgehead atoms. The van der Waals surface area contributed by atoms with E-state index in [2.05, 4.69) is 5.32 Å². The van der Waals surface area contributed by atoms with Crippen molar-refractivity contribution < 1.29 is 18.4 Å². The van der Waals surface area contributed by atoms with Crippen LogP contribution >= 0.6 is 11.6 Å². The lowest BCUT2D eigenvalue weighted by Gasteiger charge is -2.34. The average molecular weight is 352 g/mol. The molecular weight excluding hydrogens is 337 g/mol. The summed E-state index contributed by atoms with van der Waals surface area (Å²) < 4.78 is 18.5. The van der Waals surface area contributed by atoms with Crippen molar-refractivity contribution in [1.82, 2.24) is 9.80 Å². The third kappa shape index (κ3) is 3.51. The van der Waals surface area contributed by atoms with E-state index < -0.39 is 5.82 Å². The van der Waals surface area contributed by atoms with Crippen LogP contribution in [0.15, 0.2) is 41.0 Å². The van der Waals surface area contributed by atoms with Gasteiger partial charge >= 0.3 is 6.03 Å². The van der Waals surface area contributed by atoms with Gasteiger partial charge < -0.3 is 19.5 Å². The molecular formula is C16H15ClFN3O3. The van der Waals surface area contributed by atoms with Crippen LogP contribution in [-0.2, 0) is 0 Å². The standard InChI is InChI=1S/C16H15ClFN3O3/c17-12-4-3-11(10-13(12)18)19-16(23)21-7-5-20(6-8-21)15(22)14-2-1-9-24-14/h1-4,9-10H,5-8H2,(H,19,23). The maximum absolute atomic E-state index is 13.4. The molecule has 3 rings (SSSR count). The summed E-state index contributed by atoms with van der Waals surface area (Å²) in [7, 11) is 0. The van der Waals surface area contributed by atoms with Crippen LogP contribution in [0.2, 0.25) is 5.02 Å². The van der Waals surface area contributed by atoms with Gasteiger partial charge in [-0.05, 0) is 30.3 Å². The van der Waals surface area contributed by atoms with E-state index in [4.69, 9.17) is 16.0 Å². The SMILES string of the molecule is O=C(Nc1ccc(Cl)c(F)c1)N1CCN(C(=O)c2ccco2)CC1. The average Bonchev–Trinajstić information content (AvgIpc) is 3.12. The third-order valence-corrected chi connectivity index (χ3v) is 4.06. The van der Waals surface area contributed by atoms with E-state index in [-0.39, 0.29) is 22.7 Å². The number of nitrogens with zero attached hydrogens (tertiary/aromatic N) is 2. The Bertz CT molecular complexity index is 743. The fraction of sp³-hybridized carbons (Fsp3) is 0.250. The van der Waals surface area contributed by atoms with Gasteiger partial charge in [-0.3, -0.25) is 4.79 Å². The number of carbonyl (C=O) groups is 2. The summed E-state index contributed by atoms with van der Waals surface area (Å²) in [6.07, 6.45) is 1.45. The summed E-state index contributed by atoms with van der Waals surface area (Å²) in [5, 5.41) is 2.62. The second kappa shape index (κ2) is 6.92. The highest BCUT2D eigenvalue weighted by atomic mass is 35.5. The Morgan fingerprint density at radius 3 is 2.46 bits per heavy atom. The molecule has 3 amide bonds. The Labute approximate surface area is 142 Å². The van der Waals surface area contributed by atoms with Gasteiger partial charge in [0.25, 0.3) is 5.91 Å². The Kier molecular flexibility index (Phi) is 4.71. The molecule has 0 unspecified atom stereocenters. The van der Waals surface area contributed by atoms with E-state index >= 15 is 0 Å². The van der Waals surface area contributed by atoms with Gasteiger partial charge in [0.2, 0.25) is 0 Å². The minimum atomic E-state index is -0.594. The Morgan fingerprint density at radius 2 is 1.83 bits per heavy atom. The van der Waals surface area contributed by atoms with Crippen LogP contribution in [-0.4, -0.2) is 47.9 Å². The summed E-state index contributed by atoms with van der Waals surface area (Å²) in [4.78, 5) is 27.6. The van der Waals surface area contributed by atoms with E-state index in [1.54, 1.807) is 21.9 Å². The summed E-state index contributed by atoms with van der Waals surface area (Å²) >= 11 is 5.61. The van der Waals surface area contributed by atoms with Crippen LogP contribution in [0.4, 0.5) is 14.9 Å². The van der Waals surface area contributed by atoms with Gasteiger partial charge in [-0.15, -0.1) is 0 Å². The summed E-state index contributed by atoms with van der Waals surface area (Å²) in [5.74, 6) is -0.507. The zero-order valence-electron chi connectivity index (χ0n) is 12.7. The monoisotopic (exact) mass is 351 g/mol. The normalized spacial score (nSPS) is 14.6. The first kappa shape index (κ1) is 16.3. The van der Waals surface area contributed by atoms with Crippen LogP contribution < -0.4 is 5.32 Å². The first-order chi connectivity index (χ1) is 11.5. The molecule has 0 aliphatic carbocycles. The summed E-state index contributed by atoms with van der Waals surface area (Å²) in [6, 6.07) is 6.99. The predicted octanol–water partition coefficient (Wildman–Crippen LogP) is 3.06. The largest absolute Gasteiger partial charge is 0.459 e. The van der Waals surface area contributed by atoms with Crippen LogP contribution in [0, 0.1) is 5.82 Å². The zero-order chi connectivity index (χ0) is 17.1. The topological polar surface area (TPSA) is 65.8 Å². The van der Waals surface area contributed by atoms with Gasteiger partial charge in [-0.25, -0.2) is 9.18 Å². The van der Waals surface area contributed by atoms with Crippen molar-refractivity contribution in [2.75, 3.05) is 31.5 Å². The highest BCUT2D eigenvalue weighted by molar-refractivity contribution is 6.30. The highest BCUT2D eigenvalue weighted by Gasteiger charge is 2.26. The van der Waals surface area contributed by atoms with E-state index in [1.807, 2.05) is 0 Å². The molecule has 2 heterocycles. The lowest BCUT2D eigenvalue weighted by Crippen LogP contribution is -2.51. The number of carbonyl (C=O) groups excluding carboxylic acids is 2. The van der Waals surface area contributed by atoms with E-state index in [1.165, 1.54) is 18.4 Å². The highest BCUT2D eigenvalue weighted by Crippen LogP contribution is 2.19. The number of furan rings is 1. The maximum Gasteiger partial charge on any atom is 0.321 e. The first-order valence-corrected chi connectivity index (χ1v) is 7.76. The van der Waals surface area contributed by atoms with Gasteiger partial charge in [0.15, 0.2) is 5.76 Å². The zero-order valence-corrected chi connectivity index (χ0v) is 13.4. The van der Waals surface area contributed by atoms with Crippen LogP contribution in [0.5, 0.6) is 0 Å². The molecule has 6 nitrogen and oxygen atoms in total. The molecule has 1 aromatic heterocycles. The molecule has 0 atom stereocenters. The van der Waals surface area contributed by atoms with Gasteiger partial charge in [0.05, 0.1) is 11.3 Å². The smallest absolute Gasteiger partial charge is 0.321 e. The fourth-order valence-corrected chi connectivity index (χ4v) is 2.56. The number of anilines is 1. The number of nitrogens with one attached hydrogen (secondary N) is 1. The minimum Gasteiger partial charge on any atom is -0.459 e. The molecule has 1 aliphatic heterocycles. The summed E-state index contributed by atoms with van der Waals surface area (Å²) in [6.45, 7) is 1.58. The van der Waals surface area contributed by atoms with Crippen LogP contribution in [0.3, 0.4) is 0 Å². The quantitative estimate of drug-likeness (QED) is 0.904. The molecule has 1 saturated heterocycles. The van der Waals surface area contributed by atoms with Crippen molar-refractivity contribution in [3.63, 3.8) is 0 Å². The van der Waals surface area contributed by atoms with Crippen molar-refractivity contribution >= 4 is 29.2 Å². The summed E-state index contributed by atoms with van der Waals surface area (Å²) in [5.41, 5.74) is 0.330. The first-order valence-electron chi connectivity index (χ1n) is 7.38. The van der Waals surface area contributed by atoms with Crippen LogP contribution in [0.25, 0.3) is 0 Å². The molecule has 0 spiro atoms. The Hall–Kier alpha value is -2.54. The Morgan fingerprint density at radius 1 is 1.12 bits per heavy atom. The second-order valence-corrected chi connectivity index (χ2v) is 5.72. The number of piperazine rings is 1. The molecule has 1 fully saturated rings. The molecule has 1 N–H and O–H groups in total. The molecule has 8 heteroatoms. The molecule has 126 valence electrons. The maximum atomic E-state index is 13.4. The Balaban J connectivity index is 1.55. The van der Waals surface area contributed by atoms with E-state index in [0.717, 1.165) is 6.07 Å². The predicted molar refractivity (Wildman–Crippen MR) is 86.6 cm³/mol. The fourth-order valence-electron chi connectivity index (χ4n) is 2.45. The van der Waals surface area contributed by atoms with Gasteiger partial charge in [-0.1, -0.05) is 11.6 Å². The molecule has 0 saturated carbocycles. The van der Waals surface area contributed by atoms with Crippen LogP contribution in [0.1, 0.15) is 10.6 Å². The number of rotatable bonds is 2. The van der Waals surface area contributed by atoms with E-state index in [9.17, 15) is 14.0 Å².